The van der Waals surface area contributed by atoms with Crippen LogP contribution in [0.25, 0.3) is 5.69 Å². The molecule has 2 aromatic rings. The lowest BCUT2D eigenvalue weighted by Gasteiger charge is -2.04. The van der Waals surface area contributed by atoms with Crippen molar-refractivity contribution in [2.24, 2.45) is 0 Å². The van der Waals surface area contributed by atoms with E-state index in [0.717, 1.165) is 5.69 Å². The normalized spacial score (nSPS) is 15.2. The van der Waals surface area contributed by atoms with Crippen LogP contribution >= 0.6 is 0 Å². The number of aromatic nitrogens is 2. The van der Waals surface area contributed by atoms with Gasteiger partial charge in [-0.1, -0.05) is 6.07 Å². The Balaban J connectivity index is 1.96. The molecule has 1 aliphatic rings. The van der Waals surface area contributed by atoms with Crippen LogP contribution in [-0.2, 0) is 6.61 Å². The Morgan fingerprint density at radius 2 is 2.18 bits per heavy atom. The molecule has 1 heterocycles. The molecule has 88 valence electrons. The van der Waals surface area contributed by atoms with E-state index in [4.69, 9.17) is 5.11 Å². The molecule has 0 radical (unpaired) electrons. The minimum absolute atomic E-state index is 0.149. The summed E-state index contributed by atoms with van der Waals surface area (Å²) in [5.74, 6) is 0.207. The molecule has 17 heavy (non-hydrogen) atoms. The Morgan fingerprint density at radius 1 is 1.35 bits per heavy atom. The molecular weight excluding hydrogens is 219 g/mol. The first-order valence-electron chi connectivity index (χ1n) is 5.73. The van der Waals surface area contributed by atoms with Crippen molar-refractivity contribution in [1.82, 2.24) is 9.78 Å². The van der Waals surface area contributed by atoms with Crippen molar-refractivity contribution in [2.75, 3.05) is 0 Å². The molecule has 1 saturated carbocycles. The molecule has 0 saturated heterocycles. The number of hydrogen-bond acceptors (Lipinski definition) is 2. The fourth-order valence-electron chi connectivity index (χ4n) is 1.90. The molecule has 1 aromatic carbocycles. The minimum Gasteiger partial charge on any atom is -0.392 e. The van der Waals surface area contributed by atoms with E-state index >= 15 is 0 Å². The summed E-state index contributed by atoms with van der Waals surface area (Å²) in [6, 6.07) is 6.63. The molecular formula is C13H13FN2O. The second-order valence-corrected chi connectivity index (χ2v) is 4.40. The second-order valence-electron chi connectivity index (χ2n) is 4.40. The molecule has 1 N–H and O–H groups in total. The molecule has 0 unspecified atom stereocenters. The van der Waals surface area contributed by atoms with Gasteiger partial charge >= 0.3 is 0 Å². The van der Waals surface area contributed by atoms with Crippen LogP contribution in [0.2, 0.25) is 0 Å². The maximum absolute atomic E-state index is 13.8. The first-order valence-corrected chi connectivity index (χ1v) is 5.73. The van der Waals surface area contributed by atoms with Crippen LogP contribution in [0.1, 0.15) is 30.0 Å². The van der Waals surface area contributed by atoms with Gasteiger partial charge < -0.3 is 5.11 Å². The van der Waals surface area contributed by atoms with Gasteiger partial charge in [-0.2, -0.15) is 5.10 Å². The zero-order chi connectivity index (χ0) is 11.8. The molecule has 0 spiro atoms. The summed E-state index contributed by atoms with van der Waals surface area (Å²) < 4.78 is 15.3. The van der Waals surface area contributed by atoms with Crippen LogP contribution < -0.4 is 0 Å². The van der Waals surface area contributed by atoms with Crippen molar-refractivity contribution in [3.8, 4) is 5.69 Å². The van der Waals surface area contributed by atoms with E-state index in [1.54, 1.807) is 23.0 Å². The maximum atomic E-state index is 13.8. The predicted octanol–water partition coefficient (Wildman–Crippen LogP) is 2.38. The van der Waals surface area contributed by atoms with Gasteiger partial charge in [0.05, 0.1) is 12.3 Å². The highest BCUT2D eigenvalue weighted by molar-refractivity contribution is 5.36. The number of aliphatic hydroxyl groups excluding tert-OH is 1. The van der Waals surface area contributed by atoms with Crippen LogP contribution in [0.5, 0.6) is 0 Å². The first kappa shape index (κ1) is 10.5. The van der Waals surface area contributed by atoms with Crippen LogP contribution in [0.15, 0.2) is 30.5 Å². The third-order valence-corrected chi connectivity index (χ3v) is 3.05. The second kappa shape index (κ2) is 3.96. The van der Waals surface area contributed by atoms with E-state index in [2.05, 4.69) is 5.10 Å². The first-order chi connectivity index (χ1) is 8.28. The van der Waals surface area contributed by atoms with Crippen molar-refractivity contribution in [3.05, 3.63) is 47.5 Å². The van der Waals surface area contributed by atoms with Crippen molar-refractivity contribution in [3.63, 3.8) is 0 Å². The van der Waals surface area contributed by atoms with Crippen LogP contribution in [0.3, 0.4) is 0 Å². The number of rotatable bonds is 3. The molecule has 0 amide bonds. The Morgan fingerprint density at radius 3 is 2.82 bits per heavy atom. The van der Waals surface area contributed by atoms with Crippen molar-refractivity contribution in [2.45, 2.75) is 25.4 Å². The average molecular weight is 232 g/mol. The summed E-state index contributed by atoms with van der Waals surface area (Å²) >= 11 is 0. The van der Waals surface area contributed by atoms with Gasteiger partial charge in [0.2, 0.25) is 0 Å². The van der Waals surface area contributed by atoms with E-state index in [1.807, 2.05) is 6.07 Å². The number of halogens is 1. The number of nitrogens with zero attached hydrogens (tertiary/aromatic N) is 2. The summed E-state index contributed by atoms with van der Waals surface area (Å²) in [7, 11) is 0. The van der Waals surface area contributed by atoms with Gasteiger partial charge in [0, 0.05) is 12.1 Å². The number of benzene rings is 1. The van der Waals surface area contributed by atoms with Gasteiger partial charge in [0.25, 0.3) is 0 Å². The van der Waals surface area contributed by atoms with E-state index in [9.17, 15) is 4.39 Å². The lowest BCUT2D eigenvalue weighted by atomic mass is 10.2. The Bertz CT molecular complexity index is 546. The molecule has 1 fully saturated rings. The van der Waals surface area contributed by atoms with Crippen LogP contribution in [0.4, 0.5) is 4.39 Å². The van der Waals surface area contributed by atoms with Crippen LogP contribution in [-0.4, -0.2) is 14.9 Å². The van der Waals surface area contributed by atoms with Gasteiger partial charge in [0.15, 0.2) is 0 Å². The summed E-state index contributed by atoms with van der Waals surface area (Å²) in [5.41, 5.74) is 2.03. The van der Waals surface area contributed by atoms with E-state index in [0.29, 0.717) is 17.2 Å². The van der Waals surface area contributed by atoms with E-state index < -0.39 is 0 Å². The quantitative estimate of drug-likeness (QED) is 0.882. The monoisotopic (exact) mass is 232 g/mol. The van der Waals surface area contributed by atoms with Crippen molar-refractivity contribution >= 4 is 0 Å². The van der Waals surface area contributed by atoms with Crippen molar-refractivity contribution in [1.29, 1.82) is 0 Å². The standard InChI is InChI=1S/C13H13FN2O/c14-11-7-9(8-17)1-4-13(11)16-6-5-12(15-16)10-2-3-10/h1,4-7,10,17H,2-3,8H2. The van der Waals surface area contributed by atoms with E-state index in [1.165, 1.54) is 18.9 Å². The SMILES string of the molecule is OCc1ccc(-n2ccc(C3CC3)n2)c(F)c1. The highest BCUT2D eigenvalue weighted by Crippen LogP contribution is 2.39. The Hall–Kier alpha value is -1.68. The lowest BCUT2D eigenvalue weighted by Crippen LogP contribution is -2.00. The Kier molecular flexibility index (Phi) is 2.44. The summed E-state index contributed by atoms with van der Waals surface area (Å²) in [6.45, 7) is -0.149. The minimum atomic E-state index is -0.359. The molecule has 0 bridgehead atoms. The molecule has 3 rings (SSSR count). The predicted molar refractivity (Wildman–Crippen MR) is 61.4 cm³/mol. The zero-order valence-electron chi connectivity index (χ0n) is 9.31. The molecule has 1 aromatic heterocycles. The third-order valence-electron chi connectivity index (χ3n) is 3.05. The third kappa shape index (κ3) is 1.96. The molecule has 0 atom stereocenters. The highest BCUT2D eigenvalue weighted by Gasteiger charge is 2.26. The van der Waals surface area contributed by atoms with Gasteiger partial charge in [-0.25, -0.2) is 9.07 Å². The lowest BCUT2D eigenvalue weighted by molar-refractivity contribution is 0.281. The van der Waals surface area contributed by atoms with Gasteiger partial charge in [-0.3, -0.25) is 0 Å². The highest BCUT2D eigenvalue weighted by atomic mass is 19.1. The fourth-order valence-corrected chi connectivity index (χ4v) is 1.90. The number of aliphatic hydroxyl groups is 1. The molecule has 0 aliphatic heterocycles. The van der Waals surface area contributed by atoms with Gasteiger partial charge in [0.1, 0.15) is 11.5 Å². The van der Waals surface area contributed by atoms with Gasteiger partial charge in [-0.05, 0) is 36.6 Å². The average Bonchev–Trinajstić information content (AvgIpc) is 3.08. The maximum Gasteiger partial charge on any atom is 0.149 e. The molecule has 4 heteroatoms. The van der Waals surface area contributed by atoms with Crippen molar-refractivity contribution < 1.29 is 9.50 Å². The topological polar surface area (TPSA) is 38.0 Å². The van der Waals surface area contributed by atoms with Gasteiger partial charge in [-0.15, -0.1) is 0 Å². The van der Waals surface area contributed by atoms with Crippen LogP contribution in [0, 0.1) is 5.82 Å². The molecule has 3 nitrogen and oxygen atoms in total. The van der Waals surface area contributed by atoms with E-state index in [-0.39, 0.29) is 12.4 Å². The zero-order valence-corrected chi connectivity index (χ0v) is 9.31. The Labute approximate surface area is 98.5 Å². The summed E-state index contributed by atoms with van der Waals surface area (Å²) in [6.07, 6.45) is 4.15. The summed E-state index contributed by atoms with van der Waals surface area (Å²) in [5, 5.41) is 13.3. The molecule has 1 aliphatic carbocycles. The summed E-state index contributed by atoms with van der Waals surface area (Å²) in [4.78, 5) is 0. The number of hydrogen-bond donors (Lipinski definition) is 1. The smallest absolute Gasteiger partial charge is 0.149 e. The fraction of sp³-hybridized carbons (Fsp3) is 0.308. The largest absolute Gasteiger partial charge is 0.392 e.